The SMILES string of the molecule is CCCCCCCC/C=C\CCCCCCCC(=O)O[C@H](COC(=O)CCC/C=C\C/C=C\C/C=C\C/C=C\CCCCCO)COP(=O)(O)O. The van der Waals surface area contributed by atoms with Crippen LogP contribution in [0.5, 0.6) is 0 Å². The largest absolute Gasteiger partial charge is 0.469 e. The van der Waals surface area contributed by atoms with Gasteiger partial charge in [-0.2, -0.15) is 0 Å². The Bertz CT molecular complexity index is 1010. The first-order valence-corrected chi connectivity index (χ1v) is 21.2. The quantitative estimate of drug-likeness (QED) is 0.0248. The highest BCUT2D eigenvalue weighted by Crippen LogP contribution is 2.36. The molecule has 10 heteroatoms. The fraction of sp³-hybridized carbons (Fsp3) is 0.707. The minimum absolute atomic E-state index is 0.178. The van der Waals surface area contributed by atoms with E-state index >= 15 is 0 Å². The summed E-state index contributed by atoms with van der Waals surface area (Å²) in [5, 5.41) is 8.77. The van der Waals surface area contributed by atoms with E-state index in [1.54, 1.807) is 0 Å². The first-order valence-electron chi connectivity index (χ1n) is 19.7. The molecule has 0 heterocycles. The number of esters is 2. The third kappa shape index (κ3) is 40.3. The fourth-order valence-corrected chi connectivity index (χ4v) is 5.46. The van der Waals surface area contributed by atoms with Gasteiger partial charge in [-0.25, -0.2) is 4.57 Å². The molecule has 9 nitrogen and oxygen atoms in total. The summed E-state index contributed by atoms with van der Waals surface area (Å²) in [6.07, 6.45) is 43.9. The van der Waals surface area contributed by atoms with Crippen LogP contribution in [0.4, 0.5) is 0 Å². The predicted molar refractivity (Wildman–Crippen MR) is 208 cm³/mol. The number of unbranched alkanes of at least 4 members (excludes halogenated alkanes) is 15. The zero-order valence-corrected chi connectivity index (χ0v) is 32.6. The highest BCUT2D eigenvalue weighted by molar-refractivity contribution is 7.46. The third-order valence-electron chi connectivity index (χ3n) is 8.06. The van der Waals surface area contributed by atoms with Gasteiger partial charge in [-0.3, -0.25) is 14.1 Å². The predicted octanol–water partition coefficient (Wildman–Crippen LogP) is 10.7. The lowest BCUT2D eigenvalue weighted by molar-refractivity contribution is -0.161. The molecule has 0 saturated heterocycles. The van der Waals surface area contributed by atoms with E-state index in [4.69, 9.17) is 24.4 Å². The molecule has 51 heavy (non-hydrogen) atoms. The van der Waals surface area contributed by atoms with Crippen molar-refractivity contribution >= 4 is 19.8 Å². The first-order chi connectivity index (χ1) is 24.8. The van der Waals surface area contributed by atoms with E-state index < -0.39 is 32.5 Å². The van der Waals surface area contributed by atoms with Crippen molar-refractivity contribution in [2.75, 3.05) is 19.8 Å². The number of phosphoric acid groups is 1. The Morgan fingerprint density at radius 2 is 0.980 bits per heavy atom. The number of aliphatic hydroxyl groups is 1. The van der Waals surface area contributed by atoms with Crippen molar-refractivity contribution < 1.29 is 43.0 Å². The average molecular weight is 739 g/mol. The summed E-state index contributed by atoms with van der Waals surface area (Å²) < 4.78 is 26.3. The fourth-order valence-electron chi connectivity index (χ4n) is 5.10. The number of carbonyl (C=O) groups excluding carboxylic acids is 2. The van der Waals surface area contributed by atoms with Crippen molar-refractivity contribution in [2.24, 2.45) is 0 Å². The number of carbonyl (C=O) groups is 2. The van der Waals surface area contributed by atoms with Crippen LogP contribution in [0.3, 0.4) is 0 Å². The molecule has 0 fully saturated rings. The van der Waals surface area contributed by atoms with Gasteiger partial charge in [0.25, 0.3) is 0 Å². The molecule has 0 aromatic carbocycles. The van der Waals surface area contributed by atoms with E-state index in [2.05, 4.69) is 66.1 Å². The molecule has 0 amide bonds. The second kappa shape index (κ2) is 37.5. The van der Waals surface area contributed by atoms with E-state index in [1.807, 2.05) is 6.08 Å². The van der Waals surface area contributed by atoms with Gasteiger partial charge in [0, 0.05) is 19.4 Å². The first kappa shape index (κ1) is 48.7. The highest BCUT2D eigenvalue weighted by atomic mass is 31.2. The van der Waals surface area contributed by atoms with Gasteiger partial charge in [0.2, 0.25) is 0 Å². The van der Waals surface area contributed by atoms with Crippen molar-refractivity contribution in [1.29, 1.82) is 0 Å². The maximum Gasteiger partial charge on any atom is 0.469 e. The third-order valence-corrected chi connectivity index (χ3v) is 8.55. The van der Waals surface area contributed by atoms with Crippen LogP contribution in [0.15, 0.2) is 60.8 Å². The number of phosphoric ester groups is 1. The van der Waals surface area contributed by atoms with Gasteiger partial charge in [0.1, 0.15) is 6.61 Å². The standard InChI is InChI=1S/C41H71O9P/c1-2-3-4-5-6-7-8-9-13-17-20-23-26-29-32-35-41(44)50-39(38-49-51(45,46)47)37-48-40(43)34-31-28-25-22-19-16-14-11-10-12-15-18-21-24-27-30-33-36-42/h9-10,12-14,16,18,21-22,25,39,42H,2-8,11,15,17,19-20,23-24,26-38H2,1H3,(H2,45,46,47)/b12-10-,13-9-,16-14-,21-18-,25-22-/t39-/m1/s1. The summed E-state index contributed by atoms with van der Waals surface area (Å²) in [5.74, 6) is -0.978. The Morgan fingerprint density at radius 1 is 0.549 bits per heavy atom. The highest BCUT2D eigenvalue weighted by Gasteiger charge is 2.22. The van der Waals surface area contributed by atoms with Crippen LogP contribution in [-0.2, 0) is 28.2 Å². The molecule has 0 rings (SSSR count). The van der Waals surface area contributed by atoms with Crippen molar-refractivity contribution in [3.05, 3.63) is 60.8 Å². The lowest BCUT2D eigenvalue weighted by Gasteiger charge is -2.18. The average Bonchev–Trinajstić information content (AvgIpc) is 3.10. The number of ether oxygens (including phenoxy) is 2. The molecule has 0 aromatic rings. The minimum Gasteiger partial charge on any atom is -0.462 e. The molecule has 0 saturated carbocycles. The van der Waals surface area contributed by atoms with Crippen molar-refractivity contribution in [2.45, 2.75) is 167 Å². The van der Waals surface area contributed by atoms with Gasteiger partial charge >= 0.3 is 19.8 Å². The Labute approximate surface area is 309 Å². The molecule has 0 aliphatic rings. The van der Waals surface area contributed by atoms with E-state index in [1.165, 1.54) is 38.5 Å². The maximum absolute atomic E-state index is 12.4. The van der Waals surface area contributed by atoms with Crippen LogP contribution >= 0.6 is 7.82 Å². The number of aliphatic hydroxyl groups excluding tert-OH is 1. The molecule has 0 bridgehead atoms. The minimum atomic E-state index is -4.77. The zero-order chi connectivity index (χ0) is 37.5. The summed E-state index contributed by atoms with van der Waals surface area (Å²) in [6.45, 7) is 1.63. The second-order valence-electron chi connectivity index (χ2n) is 13.0. The number of hydrogen-bond acceptors (Lipinski definition) is 7. The normalized spacial score (nSPS) is 13.1. The second-order valence-corrected chi connectivity index (χ2v) is 14.2. The number of rotatable bonds is 36. The monoisotopic (exact) mass is 738 g/mol. The maximum atomic E-state index is 12.4. The molecule has 0 spiro atoms. The van der Waals surface area contributed by atoms with Crippen molar-refractivity contribution in [3.63, 3.8) is 0 Å². The topological polar surface area (TPSA) is 140 Å². The molecule has 294 valence electrons. The van der Waals surface area contributed by atoms with Gasteiger partial charge < -0.3 is 24.4 Å². The Hall–Kier alpha value is -2.29. The Balaban J connectivity index is 4.07. The number of allylic oxidation sites excluding steroid dienone is 10. The van der Waals surface area contributed by atoms with Crippen LogP contribution in [0.1, 0.15) is 161 Å². The van der Waals surface area contributed by atoms with Crippen molar-refractivity contribution in [3.8, 4) is 0 Å². The molecule has 1 atom stereocenters. The van der Waals surface area contributed by atoms with E-state index in [0.29, 0.717) is 19.3 Å². The molecule has 0 aliphatic carbocycles. The van der Waals surface area contributed by atoms with Crippen LogP contribution in [0.25, 0.3) is 0 Å². The van der Waals surface area contributed by atoms with Gasteiger partial charge in [-0.05, 0) is 83.5 Å². The Kier molecular flexibility index (Phi) is 35.8. The van der Waals surface area contributed by atoms with Gasteiger partial charge in [-0.1, -0.05) is 125 Å². The molecule has 0 aliphatic heterocycles. The van der Waals surface area contributed by atoms with Crippen LogP contribution in [0, 0.1) is 0 Å². The zero-order valence-electron chi connectivity index (χ0n) is 31.7. The molecular weight excluding hydrogens is 667 g/mol. The summed E-state index contributed by atoms with van der Waals surface area (Å²) in [4.78, 5) is 42.7. The number of hydrogen-bond donors (Lipinski definition) is 3. The summed E-state index contributed by atoms with van der Waals surface area (Å²) >= 11 is 0. The summed E-state index contributed by atoms with van der Waals surface area (Å²) in [7, 11) is -4.77. The molecule has 0 radical (unpaired) electrons. The van der Waals surface area contributed by atoms with Crippen molar-refractivity contribution in [1.82, 2.24) is 0 Å². The lowest BCUT2D eigenvalue weighted by Crippen LogP contribution is -2.29. The Morgan fingerprint density at radius 3 is 1.51 bits per heavy atom. The van der Waals surface area contributed by atoms with E-state index in [9.17, 15) is 14.2 Å². The van der Waals surface area contributed by atoms with Gasteiger partial charge in [0.05, 0.1) is 6.61 Å². The van der Waals surface area contributed by atoms with Gasteiger partial charge in [-0.15, -0.1) is 0 Å². The van der Waals surface area contributed by atoms with E-state index in [0.717, 1.165) is 83.5 Å². The molecule has 0 unspecified atom stereocenters. The summed E-state index contributed by atoms with van der Waals surface area (Å²) in [6, 6.07) is 0. The smallest absolute Gasteiger partial charge is 0.462 e. The summed E-state index contributed by atoms with van der Waals surface area (Å²) in [5.41, 5.74) is 0. The molecule has 0 aromatic heterocycles. The van der Waals surface area contributed by atoms with Crippen LogP contribution < -0.4 is 0 Å². The molecule has 3 N–H and O–H groups in total. The lowest BCUT2D eigenvalue weighted by atomic mass is 10.1. The molecular formula is C41H71O9P. The van der Waals surface area contributed by atoms with Gasteiger partial charge in [0.15, 0.2) is 6.10 Å². The van der Waals surface area contributed by atoms with Crippen LogP contribution in [-0.4, -0.2) is 52.8 Å². The van der Waals surface area contributed by atoms with Crippen LogP contribution in [0.2, 0.25) is 0 Å². The van der Waals surface area contributed by atoms with E-state index in [-0.39, 0.29) is 26.1 Å².